The summed E-state index contributed by atoms with van der Waals surface area (Å²) >= 11 is 0. The Hall–Kier alpha value is -5.43. The number of carbonyl (C=O) groups is 1. The van der Waals surface area contributed by atoms with Crippen molar-refractivity contribution in [3.05, 3.63) is 101 Å². The largest absolute Gasteiger partial charge is 0.381 e. The lowest BCUT2D eigenvalue weighted by atomic mass is 10.1. The number of amides is 1. The van der Waals surface area contributed by atoms with E-state index in [4.69, 9.17) is 5.73 Å². The summed E-state index contributed by atoms with van der Waals surface area (Å²) < 4.78 is 5.40. The third-order valence-corrected chi connectivity index (χ3v) is 6.75. The van der Waals surface area contributed by atoms with Crippen molar-refractivity contribution in [3.63, 3.8) is 0 Å². The summed E-state index contributed by atoms with van der Waals surface area (Å²) in [6, 6.07) is 17.2. The van der Waals surface area contributed by atoms with Crippen molar-refractivity contribution < 1.29 is 9.36 Å². The fourth-order valence-corrected chi connectivity index (χ4v) is 4.66. The normalized spacial score (nSPS) is 11.9. The zero-order chi connectivity index (χ0) is 27.1. The number of aromatic nitrogens is 7. The second kappa shape index (κ2) is 9.46. The van der Waals surface area contributed by atoms with Gasteiger partial charge in [-0.1, -0.05) is 36.1 Å². The summed E-state index contributed by atoms with van der Waals surface area (Å²) in [6.45, 7) is 3.91. The standard InChI is InChI=1S/C29H25N9O/c1-18(33-29(39)24-26(30)35-37-16-8-15-31-28(24)37)27-34-23-12-7-9-20(13-14-21-17-32-36(3)19(21)2)25(23)38(27)22-10-5-4-6-11-22/h4-12,15-18H,1-3H3,(H3,30,33,35,39)/p+1/t18-/m0/s1. The van der Waals surface area contributed by atoms with Gasteiger partial charge in [0.1, 0.15) is 17.3 Å². The van der Waals surface area contributed by atoms with Crippen molar-refractivity contribution in [2.45, 2.75) is 19.9 Å². The molecule has 4 heterocycles. The van der Waals surface area contributed by atoms with Crippen LogP contribution in [0.25, 0.3) is 22.4 Å². The Labute approximate surface area is 224 Å². The number of aryl methyl sites for hydroxylation is 1. The first-order valence-corrected chi connectivity index (χ1v) is 12.4. The average Bonchev–Trinajstić information content (AvgIpc) is 3.60. The van der Waals surface area contributed by atoms with Gasteiger partial charge in [-0.05, 0) is 44.2 Å². The predicted octanol–water partition coefficient (Wildman–Crippen LogP) is 3.00. The van der Waals surface area contributed by atoms with E-state index in [1.807, 2.05) is 69.4 Å². The Morgan fingerprint density at radius 3 is 2.67 bits per heavy atom. The highest BCUT2D eigenvalue weighted by atomic mass is 16.1. The first-order valence-electron chi connectivity index (χ1n) is 12.4. The van der Waals surface area contributed by atoms with Crippen molar-refractivity contribution in [2.75, 3.05) is 5.73 Å². The second-order valence-electron chi connectivity index (χ2n) is 9.24. The lowest BCUT2D eigenvalue weighted by Crippen LogP contribution is -2.40. The molecule has 192 valence electrons. The average molecular weight is 517 g/mol. The van der Waals surface area contributed by atoms with Gasteiger partial charge in [-0.25, -0.2) is 14.5 Å². The zero-order valence-electron chi connectivity index (χ0n) is 21.7. The van der Waals surface area contributed by atoms with Gasteiger partial charge in [0.15, 0.2) is 22.5 Å². The minimum Gasteiger partial charge on any atom is -0.381 e. The summed E-state index contributed by atoms with van der Waals surface area (Å²) in [5, 5.41) is 11.6. The number of hydrogen-bond acceptors (Lipinski definition) is 5. The van der Waals surface area contributed by atoms with Gasteiger partial charge in [0.05, 0.1) is 23.0 Å². The summed E-state index contributed by atoms with van der Waals surface area (Å²) in [7, 11) is 1.90. The molecular formula is C29H26N9O+. The molecule has 0 aliphatic carbocycles. The molecule has 4 aromatic heterocycles. The molecule has 4 N–H and O–H groups in total. The number of nitrogen functional groups attached to an aromatic ring is 1. The van der Waals surface area contributed by atoms with Gasteiger partial charge in [-0.2, -0.15) is 9.67 Å². The summed E-state index contributed by atoms with van der Waals surface area (Å²) in [5.74, 6) is 7.15. The minimum absolute atomic E-state index is 0.120. The van der Waals surface area contributed by atoms with Crippen LogP contribution in [-0.2, 0) is 7.05 Å². The van der Waals surface area contributed by atoms with Gasteiger partial charge >= 0.3 is 0 Å². The van der Waals surface area contributed by atoms with Crippen LogP contribution in [0.3, 0.4) is 0 Å². The summed E-state index contributed by atoms with van der Waals surface area (Å²) in [5.41, 5.74) is 12.2. The van der Waals surface area contributed by atoms with Gasteiger partial charge in [-0.15, -0.1) is 5.10 Å². The first-order chi connectivity index (χ1) is 18.9. The van der Waals surface area contributed by atoms with Crippen LogP contribution < -0.4 is 15.6 Å². The van der Waals surface area contributed by atoms with E-state index in [9.17, 15) is 4.79 Å². The molecule has 0 fully saturated rings. The van der Waals surface area contributed by atoms with E-state index in [2.05, 4.69) is 41.9 Å². The number of nitrogens with two attached hydrogens (primary N) is 1. The summed E-state index contributed by atoms with van der Waals surface area (Å²) in [6.07, 6.45) is 5.08. The van der Waals surface area contributed by atoms with Crippen LogP contribution in [0.15, 0.2) is 73.2 Å². The van der Waals surface area contributed by atoms with Crippen LogP contribution in [0, 0.1) is 18.8 Å². The van der Waals surface area contributed by atoms with Gasteiger partial charge < -0.3 is 11.1 Å². The smallest absolute Gasteiger partial charge is 0.283 e. The molecule has 0 spiro atoms. The number of nitrogens with one attached hydrogen (secondary N) is 2. The van der Waals surface area contributed by atoms with Crippen molar-refractivity contribution in [3.8, 4) is 17.5 Å². The van der Waals surface area contributed by atoms with Crippen LogP contribution in [0.2, 0.25) is 0 Å². The number of benzene rings is 2. The number of para-hydroxylation sites is 2. The lowest BCUT2D eigenvalue weighted by Gasteiger charge is -2.11. The predicted molar refractivity (Wildman–Crippen MR) is 147 cm³/mol. The molecule has 10 heteroatoms. The van der Waals surface area contributed by atoms with E-state index in [1.165, 1.54) is 4.52 Å². The Kier molecular flexibility index (Phi) is 5.81. The molecule has 0 aliphatic rings. The molecule has 1 atom stereocenters. The number of carbonyl (C=O) groups excluding carboxylic acids is 1. The number of aromatic amines is 1. The van der Waals surface area contributed by atoms with Crippen LogP contribution in [0.1, 0.15) is 46.0 Å². The second-order valence-corrected chi connectivity index (χ2v) is 9.24. The highest BCUT2D eigenvalue weighted by Crippen LogP contribution is 2.22. The zero-order valence-corrected chi connectivity index (χ0v) is 21.7. The molecule has 2 aromatic carbocycles. The molecule has 0 bridgehead atoms. The third kappa shape index (κ3) is 4.16. The van der Waals surface area contributed by atoms with Crippen molar-refractivity contribution in [1.82, 2.24) is 34.7 Å². The van der Waals surface area contributed by atoms with E-state index in [0.717, 1.165) is 39.4 Å². The van der Waals surface area contributed by atoms with E-state index in [-0.39, 0.29) is 17.3 Å². The molecule has 6 rings (SSSR count). The maximum absolute atomic E-state index is 13.4. The molecule has 10 nitrogen and oxygen atoms in total. The fourth-order valence-electron chi connectivity index (χ4n) is 4.66. The maximum atomic E-state index is 13.4. The molecule has 0 unspecified atom stereocenters. The van der Waals surface area contributed by atoms with Crippen molar-refractivity contribution in [1.29, 1.82) is 0 Å². The third-order valence-electron chi connectivity index (χ3n) is 6.75. The van der Waals surface area contributed by atoms with Crippen LogP contribution in [0.5, 0.6) is 0 Å². The van der Waals surface area contributed by atoms with E-state index in [1.54, 1.807) is 29.3 Å². The Morgan fingerprint density at radius 1 is 1.10 bits per heavy atom. The van der Waals surface area contributed by atoms with E-state index < -0.39 is 6.04 Å². The number of anilines is 1. The Balaban J connectivity index is 1.46. The van der Waals surface area contributed by atoms with Gasteiger partial charge in [0, 0.05) is 19.4 Å². The Morgan fingerprint density at radius 2 is 1.90 bits per heavy atom. The molecule has 39 heavy (non-hydrogen) atoms. The quantitative estimate of drug-likeness (QED) is 0.246. The van der Waals surface area contributed by atoms with E-state index >= 15 is 0 Å². The highest BCUT2D eigenvalue weighted by Gasteiger charge is 2.29. The van der Waals surface area contributed by atoms with Gasteiger partial charge in [0.2, 0.25) is 0 Å². The molecule has 1 amide bonds. The fraction of sp³-hybridized carbons (Fsp3) is 0.138. The van der Waals surface area contributed by atoms with Crippen LogP contribution in [-0.4, -0.2) is 35.3 Å². The monoisotopic (exact) mass is 516 g/mol. The molecule has 0 aliphatic heterocycles. The van der Waals surface area contributed by atoms with E-state index in [0.29, 0.717) is 5.65 Å². The Bertz CT molecular complexity index is 1920. The molecule has 0 saturated carbocycles. The van der Waals surface area contributed by atoms with Crippen LogP contribution in [0.4, 0.5) is 5.82 Å². The number of hydrogen-bond donors (Lipinski definition) is 3. The molecule has 0 saturated heterocycles. The van der Waals surface area contributed by atoms with Crippen molar-refractivity contribution in [2.24, 2.45) is 7.05 Å². The SMILES string of the molecule is Cc1c(C#Cc2cccc3[nH]c([C@H](C)NC(=O)c4c(N)nn5cccnc45)[n+](-c4ccccc4)c23)cnn1C. The lowest BCUT2D eigenvalue weighted by molar-refractivity contribution is -0.578. The topological polar surface area (TPSA) is 123 Å². The maximum Gasteiger partial charge on any atom is 0.283 e. The minimum atomic E-state index is -0.426. The van der Waals surface area contributed by atoms with Gasteiger partial charge in [-0.3, -0.25) is 9.48 Å². The highest BCUT2D eigenvalue weighted by molar-refractivity contribution is 6.04. The number of imidazole rings is 1. The van der Waals surface area contributed by atoms with Crippen LogP contribution >= 0.6 is 0 Å². The van der Waals surface area contributed by atoms with Gasteiger partial charge in [0.25, 0.3) is 11.7 Å². The molecule has 0 radical (unpaired) electrons. The number of rotatable bonds is 4. The number of H-pyrrole nitrogens is 1. The summed E-state index contributed by atoms with van der Waals surface area (Å²) in [4.78, 5) is 21.2. The first kappa shape index (κ1) is 23.9. The van der Waals surface area contributed by atoms with Crippen molar-refractivity contribution >= 4 is 28.4 Å². The number of nitrogens with zero attached hydrogens (tertiary/aromatic N) is 6. The molecule has 6 aromatic rings. The number of fused-ring (bicyclic) bond motifs is 2. The molecular weight excluding hydrogens is 490 g/mol.